The molecule has 122 valence electrons. The van der Waals surface area contributed by atoms with Gasteiger partial charge in [-0.15, -0.1) is 0 Å². The summed E-state index contributed by atoms with van der Waals surface area (Å²) in [6, 6.07) is 30.6. The first-order valence-electron chi connectivity index (χ1n) is 8.24. The number of hydrogen-bond acceptors (Lipinski definition) is 2. The average Bonchev–Trinajstić information content (AvgIpc) is 3.15. The lowest BCUT2D eigenvalue weighted by Crippen LogP contribution is -1.82. The highest BCUT2D eigenvalue weighted by atomic mass is 16.5. The van der Waals surface area contributed by atoms with Crippen molar-refractivity contribution in [3.8, 4) is 39.5 Å². The van der Waals surface area contributed by atoms with E-state index in [-0.39, 0.29) is 0 Å². The summed E-state index contributed by atoms with van der Waals surface area (Å²) in [6.45, 7) is 0. The van der Waals surface area contributed by atoms with E-state index < -0.39 is 0 Å². The fraction of sp³-hybridized carbons (Fsp3) is 0.0435. The molecule has 0 aliphatic carbocycles. The van der Waals surface area contributed by atoms with Crippen molar-refractivity contribution >= 4 is 0 Å². The third kappa shape index (κ3) is 3.07. The molecule has 0 saturated heterocycles. The van der Waals surface area contributed by atoms with Crippen LogP contribution in [0, 0.1) is 0 Å². The van der Waals surface area contributed by atoms with Gasteiger partial charge in [0.25, 0.3) is 0 Å². The zero-order valence-corrected chi connectivity index (χ0v) is 14.0. The van der Waals surface area contributed by atoms with Gasteiger partial charge >= 0.3 is 0 Å². The van der Waals surface area contributed by atoms with Crippen molar-refractivity contribution in [2.24, 2.45) is 0 Å². The largest absolute Gasteiger partial charge is 0.497 e. The van der Waals surface area contributed by atoms with Gasteiger partial charge < -0.3 is 9.15 Å². The average molecular weight is 326 g/mol. The van der Waals surface area contributed by atoms with Gasteiger partial charge in [-0.3, -0.25) is 0 Å². The second-order valence-corrected chi connectivity index (χ2v) is 5.82. The van der Waals surface area contributed by atoms with Crippen LogP contribution in [-0.4, -0.2) is 7.11 Å². The minimum absolute atomic E-state index is 0.816. The molecule has 0 aliphatic rings. The fourth-order valence-corrected chi connectivity index (χ4v) is 2.95. The van der Waals surface area contributed by atoms with Crippen LogP contribution in [0.1, 0.15) is 0 Å². The normalized spacial score (nSPS) is 10.6. The molecule has 0 aliphatic heterocycles. The maximum absolute atomic E-state index is 6.29. The summed E-state index contributed by atoms with van der Waals surface area (Å²) < 4.78 is 11.6. The number of methoxy groups -OCH3 is 1. The highest BCUT2D eigenvalue weighted by Gasteiger charge is 2.16. The van der Waals surface area contributed by atoms with Crippen molar-refractivity contribution in [3.05, 3.63) is 91.0 Å². The van der Waals surface area contributed by atoms with Crippen molar-refractivity contribution in [3.63, 3.8) is 0 Å². The molecule has 2 nitrogen and oxygen atoms in total. The molecule has 0 atom stereocenters. The molecule has 1 heterocycles. The molecule has 0 radical (unpaired) electrons. The lowest BCUT2D eigenvalue weighted by atomic mass is 10.0. The van der Waals surface area contributed by atoms with Gasteiger partial charge in [-0.05, 0) is 23.8 Å². The monoisotopic (exact) mass is 326 g/mol. The minimum atomic E-state index is 0.816. The van der Waals surface area contributed by atoms with Gasteiger partial charge in [0.2, 0.25) is 0 Å². The zero-order valence-electron chi connectivity index (χ0n) is 14.0. The van der Waals surface area contributed by atoms with E-state index in [1.54, 1.807) is 7.11 Å². The first kappa shape index (κ1) is 15.3. The van der Waals surface area contributed by atoms with Gasteiger partial charge in [-0.25, -0.2) is 0 Å². The molecule has 1 aromatic heterocycles. The lowest BCUT2D eigenvalue weighted by molar-refractivity contribution is 0.415. The van der Waals surface area contributed by atoms with Gasteiger partial charge in [0.05, 0.1) is 7.11 Å². The molecule has 0 spiro atoms. The van der Waals surface area contributed by atoms with E-state index in [9.17, 15) is 0 Å². The number of hydrogen-bond donors (Lipinski definition) is 0. The molecule has 0 N–H and O–H groups in total. The van der Waals surface area contributed by atoms with Gasteiger partial charge in [0.15, 0.2) is 0 Å². The topological polar surface area (TPSA) is 22.4 Å². The summed E-state index contributed by atoms with van der Waals surface area (Å²) >= 11 is 0. The maximum atomic E-state index is 6.29. The van der Waals surface area contributed by atoms with Gasteiger partial charge in [0, 0.05) is 16.7 Å². The van der Waals surface area contributed by atoms with E-state index in [1.807, 2.05) is 60.7 Å². The van der Waals surface area contributed by atoms with Gasteiger partial charge in [-0.2, -0.15) is 0 Å². The maximum Gasteiger partial charge on any atom is 0.142 e. The molecular formula is C23H18O2. The molecule has 4 aromatic rings. The summed E-state index contributed by atoms with van der Waals surface area (Å²) in [4.78, 5) is 0. The number of ether oxygens (including phenoxy) is 1. The summed E-state index contributed by atoms with van der Waals surface area (Å²) in [5, 5.41) is 0. The quantitative estimate of drug-likeness (QED) is 0.440. The zero-order chi connectivity index (χ0) is 17.1. The van der Waals surface area contributed by atoms with Gasteiger partial charge in [-0.1, -0.05) is 72.8 Å². The lowest BCUT2D eigenvalue weighted by Gasteiger charge is -2.03. The first-order valence-corrected chi connectivity index (χ1v) is 8.24. The molecule has 25 heavy (non-hydrogen) atoms. The smallest absolute Gasteiger partial charge is 0.142 e. The highest BCUT2D eigenvalue weighted by Crippen LogP contribution is 2.39. The Bertz CT molecular complexity index is 912. The summed E-state index contributed by atoms with van der Waals surface area (Å²) in [7, 11) is 1.67. The Morgan fingerprint density at radius 1 is 0.640 bits per heavy atom. The van der Waals surface area contributed by atoms with Crippen molar-refractivity contribution in [1.82, 2.24) is 0 Å². The molecule has 2 heteroatoms. The van der Waals surface area contributed by atoms with Gasteiger partial charge in [0.1, 0.15) is 17.3 Å². The van der Waals surface area contributed by atoms with Crippen LogP contribution < -0.4 is 4.74 Å². The van der Waals surface area contributed by atoms with Crippen LogP contribution in [0.25, 0.3) is 33.8 Å². The molecule has 0 bridgehead atoms. The Hall–Kier alpha value is -3.26. The molecule has 4 rings (SSSR count). The number of benzene rings is 3. The summed E-state index contributed by atoms with van der Waals surface area (Å²) in [5.41, 5.74) is 4.29. The second-order valence-electron chi connectivity index (χ2n) is 5.82. The third-order valence-corrected chi connectivity index (χ3v) is 4.21. The van der Waals surface area contributed by atoms with E-state index in [0.29, 0.717) is 0 Å². The van der Waals surface area contributed by atoms with Crippen LogP contribution in [0.5, 0.6) is 5.75 Å². The van der Waals surface area contributed by atoms with E-state index in [4.69, 9.17) is 9.15 Å². The SMILES string of the molecule is COc1cccc(-c2cc(-c3ccccc3)c(-c3ccccc3)o2)c1. The van der Waals surface area contributed by atoms with Crippen LogP contribution in [0.2, 0.25) is 0 Å². The van der Waals surface area contributed by atoms with E-state index in [1.165, 1.54) is 0 Å². The number of furan rings is 1. The Morgan fingerprint density at radius 2 is 1.28 bits per heavy atom. The second kappa shape index (κ2) is 6.70. The molecule has 0 amide bonds. The van der Waals surface area contributed by atoms with Crippen molar-refractivity contribution in [2.75, 3.05) is 7.11 Å². The predicted molar refractivity (Wildman–Crippen MR) is 102 cm³/mol. The number of rotatable bonds is 4. The molecule has 0 unspecified atom stereocenters. The Labute approximate surface area is 147 Å². The van der Waals surface area contributed by atoms with E-state index in [0.717, 1.165) is 39.5 Å². The minimum Gasteiger partial charge on any atom is -0.497 e. The van der Waals surface area contributed by atoms with Crippen LogP contribution in [0.15, 0.2) is 95.4 Å². The van der Waals surface area contributed by atoms with Crippen molar-refractivity contribution < 1.29 is 9.15 Å². The van der Waals surface area contributed by atoms with Crippen LogP contribution in [0.4, 0.5) is 0 Å². The van der Waals surface area contributed by atoms with Crippen LogP contribution in [0.3, 0.4) is 0 Å². The van der Waals surface area contributed by atoms with Crippen LogP contribution in [-0.2, 0) is 0 Å². The molecule has 0 fully saturated rings. The van der Waals surface area contributed by atoms with E-state index >= 15 is 0 Å². The fourth-order valence-electron chi connectivity index (χ4n) is 2.95. The standard InChI is InChI=1S/C23H18O2/c1-24-20-14-8-13-19(15-20)22-16-21(17-9-4-2-5-10-17)23(25-22)18-11-6-3-7-12-18/h2-16H,1H3. The third-order valence-electron chi connectivity index (χ3n) is 4.21. The molecule has 0 saturated carbocycles. The van der Waals surface area contributed by atoms with Crippen LogP contribution >= 0.6 is 0 Å². The molecular weight excluding hydrogens is 308 g/mol. The summed E-state index contributed by atoms with van der Waals surface area (Å²) in [6.07, 6.45) is 0. The van der Waals surface area contributed by atoms with Crippen molar-refractivity contribution in [1.29, 1.82) is 0 Å². The Kier molecular flexibility index (Phi) is 4.09. The predicted octanol–water partition coefficient (Wildman–Crippen LogP) is 6.29. The first-order chi connectivity index (χ1) is 12.3. The Morgan fingerprint density at radius 3 is 1.96 bits per heavy atom. The van der Waals surface area contributed by atoms with Crippen molar-refractivity contribution in [2.45, 2.75) is 0 Å². The van der Waals surface area contributed by atoms with E-state index in [2.05, 4.69) is 30.3 Å². The highest BCUT2D eigenvalue weighted by molar-refractivity contribution is 5.83. The Balaban J connectivity index is 1.89. The summed E-state index contributed by atoms with van der Waals surface area (Å²) in [5.74, 6) is 2.53. The molecule has 3 aromatic carbocycles.